The quantitative estimate of drug-likeness (QED) is 0.750. The first-order valence-electron chi connectivity index (χ1n) is 10.3. The summed E-state index contributed by atoms with van der Waals surface area (Å²) in [6.07, 6.45) is 2.41. The van der Waals surface area contributed by atoms with Gasteiger partial charge in [0, 0.05) is 24.8 Å². The highest BCUT2D eigenvalue weighted by Gasteiger charge is 2.25. The number of aryl methyl sites for hydroxylation is 2. The van der Waals surface area contributed by atoms with Gasteiger partial charge in [-0.15, -0.1) is 0 Å². The van der Waals surface area contributed by atoms with Crippen molar-refractivity contribution in [2.24, 2.45) is 7.05 Å². The standard InChI is InChI=1S/C22H33N5O2/c1-15(21-16(2)25-26(4)17(21)3)24-22(28)23-14-20(27-12-6-7-13-27)18-8-10-19(29-5)11-9-18/h8-11,15,20H,6-7,12-14H2,1-5H3,(H2,23,24,28)/t15-,20-/m0/s1. The highest BCUT2D eigenvalue weighted by Crippen LogP contribution is 2.26. The zero-order valence-corrected chi connectivity index (χ0v) is 18.2. The molecule has 0 bridgehead atoms. The monoisotopic (exact) mass is 399 g/mol. The summed E-state index contributed by atoms with van der Waals surface area (Å²) in [5.74, 6) is 0.843. The molecule has 1 aliphatic rings. The summed E-state index contributed by atoms with van der Waals surface area (Å²) in [7, 11) is 3.60. The molecule has 2 amide bonds. The van der Waals surface area contributed by atoms with Crippen LogP contribution in [0.2, 0.25) is 0 Å². The molecule has 1 aromatic heterocycles. The van der Waals surface area contributed by atoms with Gasteiger partial charge >= 0.3 is 6.03 Å². The molecule has 3 rings (SSSR count). The van der Waals surface area contributed by atoms with Gasteiger partial charge in [-0.3, -0.25) is 9.58 Å². The lowest BCUT2D eigenvalue weighted by molar-refractivity contribution is 0.219. The van der Waals surface area contributed by atoms with Crippen molar-refractivity contribution in [2.45, 2.75) is 45.7 Å². The second-order valence-corrected chi connectivity index (χ2v) is 7.82. The number of nitrogens with one attached hydrogen (secondary N) is 2. The Morgan fingerprint density at radius 1 is 1.21 bits per heavy atom. The van der Waals surface area contributed by atoms with Crippen LogP contribution < -0.4 is 15.4 Å². The summed E-state index contributed by atoms with van der Waals surface area (Å²) in [5.41, 5.74) is 4.29. The molecule has 0 spiro atoms. The fraction of sp³-hybridized carbons (Fsp3) is 0.545. The maximum absolute atomic E-state index is 12.6. The molecule has 1 aliphatic heterocycles. The van der Waals surface area contributed by atoms with Crippen LogP contribution in [0.3, 0.4) is 0 Å². The number of carbonyl (C=O) groups excluding carboxylic acids is 1. The number of hydrogen-bond donors (Lipinski definition) is 2. The average Bonchev–Trinajstić information content (AvgIpc) is 3.31. The number of likely N-dealkylation sites (tertiary alicyclic amines) is 1. The predicted molar refractivity (Wildman–Crippen MR) is 114 cm³/mol. The minimum Gasteiger partial charge on any atom is -0.497 e. The van der Waals surface area contributed by atoms with Crippen LogP contribution in [0.1, 0.15) is 54.4 Å². The van der Waals surface area contributed by atoms with Crippen LogP contribution in [0.5, 0.6) is 5.75 Å². The van der Waals surface area contributed by atoms with Crippen molar-refractivity contribution in [2.75, 3.05) is 26.7 Å². The lowest BCUT2D eigenvalue weighted by atomic mass is 10.1. The highest BCUT2D eigenvalue weighted by atomic mass is 16.5. The zero-order chi connectivity index (χ0) is 21.0. The number of urea groups is 1. The van der Waals surface area contributed by atoms with Crippen molar-refractivity contribution in [3.63, 3.8) is 0 Å². The zero-order valence-electron chi connectivity index (χ0n) is 18.2. The topological polar surface area (TPSA) is 71.4 Å². The van der Waals surface area contributed by atoms with Crippen molar-refractivity contribution in [3.8, 4) is 5.75 Å². The van der Waals surface area contributed by atoms with Gasteiger partial charge in [0.15, 0.2) is 0 Å². The molecule has 158 valence electrons. The third kappa shape index (κ3) is 4.90. The third-order valence-corrected chi connectivity index (χ3v) is 5.88. The van der Waals surface area contributed by atoms with E-state index in [0.29, 0.717) is 6.54 Å². The number of amides is 2. The molecular weight excluding hydrogens is 366 g/mol. The van der Waals surface area contributed by atoms with Gasteiger partial charge in [-0.2, -0.15) is 5.10 Å². The number of ether oxygens (including phenoxy) is 1. The largest absolute Gasteiger partial charge is 0.497 e. The Balaban J connectivity index is 1.64. The molecule has 2 aromatic rings. The van der Waals surface area contributed by atoms with Crippen LogP contribution >= 0.6 is 0 Å². The molecule has 0 aliphatic carbocycles. The molecular formula is C22H33N5O2. The van der Waals surface area contributed by atoms with Crippen molar-refractivity contribution in [1.82, 2.24) is 25.3 Å². The van der Waals surface area contributed by atoms with E-state index >= 15 is 0 Å². The molecule has 29 heavy (non-hydrogen) atoms. The first-order chi connectivity index (χ1) is 13.9. The van der Waals surface area contributed by atoms with Crippen molar-refractivity contribution in [3.05, 3.63) is 46.8 Å². The number of hydrogen-bond acceptors (Lipinski definition) is 4. The normalized spacial score (nSPS) is 16.4. The molecule has 1 fully saturated rings. The Kier molecular flexibility index (Phi) is 6.79. The summed E-state index contributed by atoms with van der Waals surface area (Å²) in [6.45, 7) is 8.69. The Morgan fingerprint density at radius 2 is 1.86 bits per heavy atom. The molecule has 1 saturated heterocycles. The van der Waals surface area contributed by atoms with Crippen LogP contribution in [0.25, 0.3) is 0 Å². The van der Waals surface area contributed by atoms with Gasteiger partial charge in [0.05, 0.1) is 24.9 Å². The summed E-state index contributed by atoms with van der Waals surface area (Å²) in [4.78, 5) is 15.1. The van der Waals surface area contributed by atoms with E-state index in [1.54, 1.807) is 7.11 Å². The molecule has 1 aromatic carbocycles. The second kappa shape index (κ2) is 9.31. The van der Waals surface area contributed by atoms with Gasteiger partial charge in [-0.1, -0.05) is 12.1 Å². The minimum absolute atomic E-state index is 0.102. The van der Waals surface area contributed by atoms with E-state index in [-0.39, 0.29) is 18.1 Å². The molecule has 2 heterocycles. The summed E-state index contributed by atoms with van der Waals surface area (Å²) in [6, 6.07) is 8.04. The molecule has 7 nitrogen and oxygen atoms in total. The van der Waals surface area contributed by atoms with E-state index in [1.165, 1.54) is 18.4 Å². The third-order valence-electron chi connectivity index (χ3n) is 5.88. The molecule has 0 radical (unpaired) electrons. The molecule has 0 unspecified atom stereocenters. The summed E-state index contributed by atoms with van der Waals surface area (Å²) >= 11 is 0. The van der Waals surface area contributed by atoms with E-state index in [1.807, 2.05) is 44.6 Å². The fourth-order valence-corrected chi connectivity index (χ4v) is 4.26. The number of methoxy groups -OCH3 is 1. The van der Waals surface area contributed by atoms with Gasteiger partial charge in [0.1, 0.15) is 5.75 Å². The first-order valence-corrected chi connectivity index (χ1v) is 10.3. The van der Waals surface area contributed by atoms with Gasteiger partial charge < -0.3 is 15.4 Å². The van der Waals surface area contributed by atoms with Crippen molar-refractivity contribution < 1.29 is 9.53 Å². The van der Waals surface area contributed by atoms with E-state index in [9.17, 15) is 4.79 Å². The minimum atomic E-state index is -0.155. The smallest absolute Gasteiger partial charge is 0.315 e. The van der Waals surface area contributed by atoms with Gasteiger partial charge in [0.2, 0.25) is 0 Å². The fourth-order valence-electron chi connectivity index (χ4n) is 4.26. The number of carbonyl (C=O) groups is 1. The van der Waals surface area contributed by atoms with E-state index in [0.717, 1.165) is 35.8 Å². The van der Waals surface area contributed by atoms with Crippen LogP contribution in [0.15, 0.2) is 24.3 Å². The number of aromatic nitrogens is 2. The Labute approximate surface area is 173 Å². The lowest BCUT2D eigenvalue weighted by Crippen LogP contribution is -2.42. The molecule has 0 saturated carbocycles. The second-order valence-electron chi connectivity index (χ2n) is 7.82. The maximum Gasteiger partial charge on any atom is 0.315 e. The van der Waals surface area contributed by atoms with Crippen LogP contribution in [0.4, 0.5) is 4.79 Å². The van der Waals surface area contributed by atoms with E-state index in [2.05, 4.69) is 32.8 Å². The van der Waals surface area contributed by atoms with Crippen LogP contribution in [0, 0.1) is 13.8 Å². The van der Waals surface area contributed by atoms with Crippen LogP contribution in [-0.2, 0) is 7.05 Å². The van der Waals surface area contributed by atoms with Crippen LogP contribution in [-0.4, -0.2) is 47.5 Å². The lowest BCUT2D eigenvalue weighted by Gasteiger charge is -2.28. The SMILES string of the molecule is COc1ccc([C@H](CNC(=O)N[C@@H](C)c2c(C)nn(C)c2C)N2CCCC2)cc1. The van der Waals surface area contributed by atoms with Crippen molar-refractivity contribution >= 4 is 6.03 Å². The average molecular weight is 400 g/mol. The van der Waals surface area contributed by atoms with Gasteiger partial charge in [-0.05, 0) is 64.4 Å². The number of rotatable bonds is 7. The highest BCUT2D eigenvalue weighted by molar-refractivity contribution is 5.74. The Morgan fingerprint density at radius 3 is 2.41 bits per heavy atom. The summed E-state index contributed by atoms with van der Waals surface area (Å²) < 4.78 is 7.13. The van der Waals surface area contributed by atoms with Crippen molar-refractivity contribution in [1.29, 1.82) is 0 Å². The van der Waals surface area contributed by atoms with Gasteiger partial charge in [0.25, 0.3) is 0 Å². The predicted octanol–water partition coefficient (Wildman–Crippen LogP) is 3.24. The Bertz CT molecular complexity index is 824. The Hall–Kier alpha value is -2.54. The van der Waals surface area contributed by atoms with E-state index in [4.69, 9.17) is 4.74 Å². The molecule has 2 N–H and O–H groups in total. The maximum atomic E-state index is 12.6. The van der Waals surface area contributed by atoms with Gasteiger partial charge in [-0.25, -0.2) is 4.79 Å². The summed E-state index contributed by atoms with van der Waals surface area (Å²) in [5, 5.41) is 10.6. The number of benzene rings is 1. The van der Waals surface area contributed by atoms with E-state index < -0.39 is 0 Å². The molecule has 2 atom stereocenters. The molecule has 7 heteroatoms. The first kappa shape index (κ1) is 21.2. The number of nitrogens with zero attached hydrogens (tertiary/aromatic N) is 3.